The summed E-state index contributed by atoms with van der Waals surface area (Å²) in [6.07, 6.45) is 8.64. The van der Waals surface area contributed by atoms with Crippen molar-refractivity contribution in [2.24, 2.45) is 17.1 Å². The number of hydrogen-bond acceptors (Lipinski definition) is 2. The Hall–Kier alpha value is -2.28. The van der Waals surface area contributed by atoms with E-state index in [1.54, 1.807) is 6.07 Å². The Morgan fingerprint density at radius 3 is 2.56 bits per heavy atom. The predicted octanol–water partition coefficient (Wildman–Crippen LogP) is 4.14. The first-order chi connectivity index (χ1) is 12.1. The van der Waals surface area contributed by atoms with Crippen LogP contribution in [0.25, 0.3) is 10.9 Å². The van der Waals surface area contributed by atoms with E-state index in [4.69, 9.17) is 5.73 Å². The average Bonchev–Trinajstić information content (AvgIpc) is 2.95. The molecule has 25 heavy (non-hydrogen) atoms. The standard InChI is InChI=1S/C21H25N3O/c1-2-24-16-5-3-4-15(13-22)18(16)19(20(23)25)17(24)12-21-9-6-14(7-10-21)8-11-21/h3-5,14H,2,6-12H2,1H3,(H2,23,25). The van der Waals surface area contributed by atoms with Gasteiger partial charge in [0, 0.05) is 17.6 Å². The van der Waals surface area contributed by atoms with Gasteiger partial charge in [-0.15, -0.1) is 0 Å². The number of amides is 1. The van der Waals surface area contributed by atoms with Crippen molar-refractivity contribution < 1.29 is 4.79 Å². The summed E-state index contributed by atoms with van der Waals surface area (Å²) in [5.41, 5.74) is 9.26. The molecule has 2 N–H and O–H groups in total. The Labute approximate surface area is 148 Å². The van der Waals surface area contributed by atoms with Gasteiger partial charge in [0.15, 0.2) is 0 Å². The minimum Gasteiger partial charge on any atom is -0.366 e. The summed E-state index contributed by atoms with van der Waals surface area (Å²) in [6.45, 7) is 2.88. The first kappa shape index (κ1) is 16.2. The lowest BCUT2D eigenvalue weighted by Gasteiger charge is -2.47. The van der Waals surface area contributed by atoms with Crippen LogP contribution in [0.1, 0.15) is 67.1 Å². The summed E-state index contributed by atoms with van der Waals surface area (Å²) in [5, 5.41) is 10.3. The quantitative estimate of drug-likeness (QED) is 0.912. The zero-order valence-electron chi connectivity index (χ0n) is 14.8. The number of rotatable bonds is 4. The minimum absolute atomic E-state index is 0.313. The second-order valence-corrected chi connectivity index (χ2v) is 7.90. The smallest absolute Gasteiger partial charge is 0.251 e. The number of aromatic nitrogens is 1. The monoisotopic (exact) mass is 335 g/mol. The van der Waals surface area contributed by atoms with Crippen molar-refractivity contribution in [3.05, 3.63) is 35.0 Å². The number of primary amides is 1. The van der Waals surface area contributed by atoms with Crippen LogP contribution < -0.4 is 5.73 Å². The molecule has 0 saturated heterocycles. The van der Waals surface area contributed by atoms with Crippen molar-refractivity contribution in [3.8, 4) is 6.07 Å². The van der Waals surface area contributed by atoms with Crippen LogP contribution in [0.3, 0.4) is 0 Å². The molecule has 1 aromatic carbocycles. The molecule has 1 aromatic heterocycles. The molecule has 0 radical (unpaired) electrons. The van der Waals surface area contributed by atoms with Crippen LogP contribution in [0.4, 0.5) is 0 Å². The van der Waals surface area contributed by atoms with Crippen LogP contribution in [0.2, 0.25) is 0 Å². The normalized spacial score (nSPS) is 25.2. The van der Waals surface area contributed by atoms with Crippen molar-refractivity contribution in [2.45, 2.75) is 58.4 Å². The predicted molar refractivity (Wildman–Crippen MR) is 98.2 cm³/mol. The average molecular weight is 335 g/mol. The van der Waals surface area contributed by atoms with Crippen LogP contribution in [0.15, 0.2) is 18.2 Å². The SMILES string of the molecule is CCn1c(CC23CCC(CC2)CC3)c(C(N)=O)c2c(C#N)cccc21. The van der Waals surface area contributed by atoms with Gasteiger partial charge in [-0.3, -0.25) is 4.79 Å². The van der Waals surface area contributed by atoms with Crippen molar-refractivity contribution in [3.63, 3.8) is 0 Å². The molecule has 5 rings (SSSR count). The van der Waals surface area contributed by atoms with E-state index in [9.17, 15) is 10.1 Å². The third-order valence-corrected chi connectivity index (χ3v) is 6.67. The third-order valence-electron chi connectivity index (χ3n) is 6.67. The van der Waals surface area contributed by atoms with Crippen molar-refractivity contribution in [2.75, 3.05) is 0 Å². The second-order valence-electron chi connectivity index (χ2n) is 7.90. The van der Waals surface area contributed by atoms with Crippen molar-refractivity contribution in [1.29, 1.82) is 5.26 Å². The van der Waals surface area contributed by atoms with Crippen LogP contribution in [0, 0.1) is 22.7 Å². The highest BCUT2D eigenvalue weighted by molar-refractivity contribution is 6.09. The molecule has 1 amide bonds. The fourth-order valence-electron chi connectivity index (χ4n) is 5.32. The molecule has 3 aliphatic rings. The molecule has 4 heteroatoms. The number of carbonyl (C=O) groups is 1. The molecule has 4 nitrogen and oxygen atoms in total. The Bertz CT molecular complexity index is 865. The van der Waals surface area contributed by atoms with Gasteiger partial charge in [-0.25, -0.2) is 0 Å². The Kier molecular flexibility index (Phi) is 3.83. The molecule has 0 spiro atoms. The molecule has 3 aliphatic carbocycles. The maximum absolute atomic E-state index is 12.4. The van der Waals surface area contributed by atoms with E-state index >= 15 is 0 Å². The van der Waals surface area contributed by atoms with Gasteiger partial charge in [0.2, 0.25) is 0 Å². The second kappa shape index (κ2) is 5.91. The van der Waals surface area contributed by atoms with E-state index in [0.29, 0.717) is 16.5 Å². The first-order valence-corrected chi connectivity index (χ1v) is 9.42. The lowest BCUT2D eigenvalue weighted by molar-refractivity contribution is 0.0634. The molecular weight excluding hydrogens is 310 g/mol. The summed E-state index contributed by atoms with van der Waals surface area (Å²) >= 11 is 0. The maximum atomic E-state index is 12.4. The number of nitriles is 1. The Morgan fingerprint density at radius 2 is 2.00 bits per heavy atom. The summed E-state index contributed by atoms with van der Waals surface area (Å²) < 4.78 is 2.21. The first-order valence-electron chi connectivity index (χ1n) is 9.42. The van der Waals surface area contributed by atoms with E-state index in [1.165, 1.54) is 38.5 Å². The van der Waals surface area contributed by atoms with Crippen molar-refractivity contribution >= 4 is 16.8 Å². The van der Waals surface area contributed by atoms with Crippen LogP contribution >= 0.6 is 0 Å². The van der Waals surface area contributed by atoms with E-state index < -0.39 is 5.91 Å². The van der Waals surface area contributed by atoms with Gasteiger partial charge in [0.25, 0.3) is 5.91 Å². The molecule has 2 bridgehead atoms. The zero-order valence-corrected chi connectivity index (χ0v) is 14.8. The number of nitrogens with zero attached hydrogens (tertiary/aromatic N) is 2. The van der Waals surface area contributed by atoms with Crippen molar-refractivity contribution in [1.82, 2.24) is 4.57 Å². The topological polar surface area (TPSA) is 71.8 Å². The minimum atomic E-state index is -0.407. The van der Waals surface area contributed by atoms with E-state index in [0.717, 1.165) is 35.5 Å². The van der Waals surface area contributed by atoms with E-state index in [1.807, 2.05) is 12.1 Å². The molecule has 0 unspecified atom stereocenters. The van der Waals surface area contributed by atoms with Gasteiger partial charge in [-0.2, -0.15) is 5.26 Å². The maximum Gasteiger partial charge on any atom is 0.251 e. The summed E-state index contributed by atoms with van der Waals surface area (Å²) in [6, 6.07) is 7.92. The van der Waals surface area contributed by atoms with Crippen LogP contribution in [-0.2, 0) is 13.0 Å². The number of aryl methyl sites for hydroxylation is 1. The van der Waals surface area contributed by atoms with E-state index in [-0.39, 0.29) is 0 Å². The Balaban J connectivity index is 1.92. The summed E-state index contributed by atoms with van der Waals surface area (Å²) in [7, 11) is 0. The van der Waals surface area contributed by atoms with E-state index in [2.05, 4.69) is 17.6 Å². The van der Waals surface area contributed by atoms with Gasteiger partial charge in [-0.05, 0) is 75.3 Å². The van der Waals surface area contributed by atoms with Gasteiger partial charge in [0.1, 0.15) is 0 Å². The number of benzene rings is 1. The van der Waals surface area contributed by atoms with Gasteiger partial charge in [0.05, 0.1) is 22.7 Å². The molecule has 0 aliphatic heterocycles. The molecule has 0 atom stereocenters. The van der Waals surface area contributed by atoms with Crippen LogP contribution in [-0.4, -0.2) is 10.5 Å². The third kappa shape index (κ3) is 2.45. The number of hydrogen-bond donors (Lipinski definition) is 1. The number of fused-ring (bicyclic) bond motifs is 4. The number of carbonyl (C=O) groups excluding carboxylic acids is 1. The molecule has 3 fully saturated rings. The Morgan fingerprint density at radius 1 is 1.32 bits per heavy atom. The van der Waals surface area contributed by atoms with Crippen LogP contribution in [0.5, 0.6) is 0 Å². The molecule has 2 aromatic rings. The van der Waals surface area contributed by atoms with Gasteiger partial charge in [-0.1, -0.05) is 6.07 Å². The highest BCUT2D eigenvalue weighted by atomic mass is 16.1. The molecule has 130 valence electrons. The van der Waals surface area contributed by atoms with Gasteiger partial charge < -0.3 is 10.3 Å². The fraction of sp³-hybridized carbons (Fsp3) is 0.524. The summed E-state index contributed by atoms with van der Waals surface area (Å²) in [4.78, 5) is 12.4. The largest absolute Gasteiger partial charge is 0.366 e. The zero-order chi connectivity index (χ0) is 17.6. The van der Waals surface area contributed by atoms with Gasteiger partial charge >= 0.3 is 0 Å². The molecule has 3 saturated carbocycles. The number of nitrogens with two attached hydrogens (primary N) is 1. The fourth-order valence-corrected chi connectivity index (χ4v) is 5.32. The highest BCUT2D eigenvalue weighted by Gasteiger charge is 2.41. The lowest BCUT2D eigenvalue weighted by Crippen LogP contribution is -2.36. The highest BCUT2D eigenvalue weighted by Crippen LogP contribution is 2.52. The molecular formula is C21H25N3O. The summed E-state index contributed by atoms with van der Waals surface area (Å²) in [5.74, 6) is 0.510. The molecule has 1 heterocycles. The lowest BCUT2D eigenvalue weighted by atomic mass is 9.59.